The third kappa shape index (κ3) is 1.16. The summed E-state index contributed by atoms with van der Waals surface area (Å²) in [6.07, 6.45) is 1.84. The molecule has 0 atom stereocenters. The lowest BCUT2D eigenvalue weighted by molar-refractivity contribution is -0.393. The number of rotatable bonds is 0. The van der Waals surface area contributed by atoms with Gasteiger partial charge in [-0.15, -0.1) is 0 Å². The molecule has 0 aromatic carbocycles. The zero-order valence-electron chi connectivity index (χ0n) is 5.60. The monoisotopic (exact) mass is 124 g/mol. The number of nitrogen functional groups attached to an aromatic ring is 1. The average molecular weight is 124 g/mol. The number of nitrogens with zero attached hydrogens (tertiary/aromatic N) is 1. The number of aromatic amines is 1. The Morgan fingerprint density at radius 3 is 2.67 bits per heavy atom. The van der Waals surface area contributed by atoms with Gasteiger partial charge >= 0.3 is 0 Å². The van der Waals surface area contributed by atoms with Crippen LogP contribution in [0.15, 0.2) is 6.20 Å². The van der Waals surface area contributed by atoms with Crippen LogP contribution in [0.3, 0.4) is 0 Å². The molecular weight excluding hydrogens is 114 g/mol. The van der Waals surface area contributed by atoms with Gasteiger partial charge in [-0.25, -0.2) is 4.98 Å². The van der Waals surface area contributed by atoms with Crippen LogP contribution in [0.5, 0.6) is 0 Å². The molecule has 1 aromatic rings. The fourth-order valence-electron chi connectivity index (χ4n) is 0.588. The third-order valence-corrected chi connectivity index (χ3v) is 1.19. The standard InChI is InChI=1S/C6H9N3/c1-4-3-8-5(2)9-6(4)7/h3H,1-2H3,(H2,7,8,9)/p+1. The summed E-state index contributed by atoms with van der Waals surface area (Å²) in [6.45, 7) is 3.79. The lowest BCUT2D eigenvalue weighted by Crippen LogP contribution is -2.12. The summed E-state index contributed by atoms with van der Waals surface area (Å²) in [7, 11) is 0. The van der Waals surface area contributed by atoms with Crippen LogP contribution in [0, 0.1) is 13.8 Å². The van der Waals surface area contributed by atoms with Gasteiger partial charge in [-0.05, 0) is 11.9 Å². The second-order valence-corrected chi connectivity index (χ2v) is 2.05. The summed E-state index contributed by atoms with van der Waals surface area (Å²) in [5.41, 5.74) is 6.48. The molecule has 9 heavy (non-hydrogen) atoms. The van der Waals surface area contributed by atoms with E-state index in [1.54, 1.807) is 0 Å². The molecule has 1 aromatic heterocycles. The van der Waals surface area contributed by atoms with Crippen LogP contribution < -0.4 is 10.7 Å². The van der Waals surface area contributed by atoms with E-state index < -0.39 is 0 Å². The van der Waals surface area contributed by atoms with Crippen LogP contribution in [-0.2, 0) is 0 Å². The lowest BCUT2D eigenvalue weighted by atomic mass is 10.3. The highest BCUT2D eigenvalue weighted by Gasteiger charge is 2.02. The van der Waals surface area contributed by atoms with Gasteiger partial charge in [-0.2, -0.15) is 0 Å². The average Bonchev–Trinajstić information content (AvgIpc) is 1.80. The molecule has 48 valence electrons. The van der Waals surface area contributed by atoms with Crippen LogP contribution >= 0.6 is 0 Å². The van der Waals surface area contributed by atoms with E-state index in [0.29, 0.717) is 5.82 Å². The molecule has 1 rings (SSSR count). The molecule has 3 nitrogen and oxygen atoms in total. The first kappa shape index (κ1) is 6.01. The van der Waals surface area contributed by atoms with Gasteiger partial charge in [0.25, 0.3) is 5.82 Å². The highest BCUT2D eigenvalue weighted by molar-refractivity contribution is 5.34. The predicted molar refractivity (Wildman–Crippen MR) is 34.7 cm³/mol. The molecule has 0 saturated heterocycles. The number of nitrogens with two attached hydrogens (primary N) is 1. The van der Waals surface area contributed by atoms with Crippen molar-refractivity contribution in [2.45, 2.75) is 13.8 Å². The van der Waals surface area contributed by atoms with E-state index in [-0.39, 0.29) is 0 Å². The first-order valence-corrected chi connectivity index (χ1v) is 2.81. The number of hydrogen-bond donors (Lipinski definition) is 1. The van der Waals surface area contributed by atoms with E-state index >= 15 is 0 Å². The zero-order valence-corrected chi connectivity index (χ0v) is 5.60. The van der Waals surface area contributed by atoms with E-state index in [9.17, 15) is 0 Å². The van der Waals surface area contributed by atoms with E-state index in [0.717, 1.165) is 11.4 Å². The van der Waals surface area contributed by atoms with Crippen LogP contribution in [0.25, 0.3) is 0 Å². The molecule has 0 fully saturated rings. The fraction of sp³-hybridized carbons (Fsp3) is 0.333. The van der Waals surface area contributed by atoms with E-state index in [2.05, 4.69) is 9.97 Å². The largest absolute Gasteiger partial charge is 0.363 e. The van der Waals surface area contributed by atoms with Crippen LogP contribution in [0.2, 0.25) is 0 Å². The van der Waals surface area contributed by atoms with Gasteiger partial charge in [0.1, 0.15) is 0 Å². The molecule has 0 spiro atoms. The third-order valence-electron chi connectivity index (χ3n) is 1.19. The van der Waals surface area contributed by atoms with Crippen molar-refractivity contribution in [1.29, 1.82) is 0 Å². The second kappa shape index (κ2) is 2.01. The summed E-state index contributed by atoms with van der Waals surface area (Å²) < 4.78 is 0. The van der Waals surface area contributed by atoms with Crippen LogP contribution in [-0.4, -0.2) is 4.98 Å². The van der Waals surface area contributed by atoms with Crippen molar-refractivity contribution in [2.24, 2.45) is 0 Å². The summed E-state index contributed by atoms with van der Waals surface area (Å²) >= 11 is 0. The van der Waals surface area contributed by atoms with Gasteiger partial charge in [0.2, 0.25) is 5.82 Å². The summed E-state index contributed by atoms with van der Waals surface area (Å²) in [5.74, 6) is 1.45. The minimum atomic E-state index is 0.603. The maximum Gasteiger partial charge on any atom is 0.295 e. The van der Waals surface area contributed by atoms with Crippen molar-refractivity contribution in [2.75, 3.05) is 5.73 Å². The Labute approximate surface area is 53.9 Å². The van der Waals surface area contributed by atoms with Crippen LogP contribution in [0.4, 0.5) is 5.82 Å². The Balaban J connectivity index is 3.17. The molecule has 0 unspecified atom stereocenters. The second-order valence-electron chi connectivity index (χ2n) is 2.05. The highest BCUT2D eigenvalue weighted by atomic mass is 14.9. The number of aromatic nitrogens is 2. The van der Waals surface area contributed by atoms with Gasteiger partial charge in [0.05, 0.1) is 11.8 Å². The Bertz CT molecular complexity index is 220. The van der Waals surface area contributed by atoms with Gasteiger partial charge in [0, 0.05) is 6.92 Å². The fourth-order valence-corrected chi connectivity index (χ4v) is 0.588. The zero-order chi connectivity index (χ0) is 6.85. The van der Waals surface area contributed by atoms with Crippen molar-refractivity contribution in [3.63, 3.8) is 0 Å². The number of hydrogen-bond acceptors (Lipinski definition) is 2. The molecule has 0 radical (unpaired) electrons. The normalized spacial score (nSPS) is 9.56. The van der Waals surface area contributed by atoms with Gasteiger partial charge < -0.3 is 5.73 Å². The van der Waals surface area contributed by atoms with Gasteiger partial charge in [-0.3, -0.25) is 0 Å². The first-order valence-electron chi connectivity index (χ1n) is 2.81. The molecule has 0 aliphatic carbocycles. The van der Waals surface area contributed by atoms with E-state index in [4.69, 9.17) is 5.73 Å². The molecule has 0 bridgehead atoms. The van der Waals surface area contributed by atoms with Crippen molar-refractivity contribution in [1.82, 2.24) is 4.98 Å². The van der Waals surface area contributed by atoms with Gasteiger partial charge in [0.15, 0.2) is 0 Å². The topological polar surface area (TPSA) is 53.0 Å². The molecule has 0 aliphatic heterocycles. The molecule has 3 heteroatoms. The van der Waals surface area contributed by atoms with Crippen LogP contribution in [0.1, 0.15) is 11.4 Å². The SMILES string of the molecule is Cc1nc(N)c(C)c[nH+]1. The van der Waals surface area contributed by atoms with Gasteiger partial charge in [-0.1, -0.05) is 0 Å². The molecule has 0 amide bonds. The first-order chi connectivity index (χ1) is 4.20. The summed E-state index contributed by atoms with van der Waals surface area (Å²) in [4.78, 5) is 6.94. The van der Waals surface area contributed by atoms with E-state index in [1.807, 2.05) is 20.0 Å². The minimum absolute atomic E-state index is 0.603. The molecular formula is C6H10N3+. The summed E-state index contributed by atoms with van der Waals surface area (Å²) in [5, 5.41) is 0. The molecule has 1 heterocycles. The van der Waals surface area contributed by atoms with Crippen molar-refractivity contribution in [3.05, 3.63) is 17.6 Å². The maximum absolute atomic E-state index is 5.49. The maximum atomic E-state index is 5.49. The Hall–Kier alpha value is -1.12. The smallest absolute Gasteiger partial charge is 0.295 e. The lowest BCUT2D eigenvalue weighted by Gasteiger charge is -1.87. The molecule has 0 saturated carbocycles. The Morgan fingerprint density at radius 1 is 1.56 bits per heavy atom. The number of nitrogens with one attached hydrogen (secondary N) is 1. The molecule has 0 aliphatic rings. The van der Waals surface area contributed by atoms with Crippen molar-refractivity contribution >= 4 is 5.82 Å². The number of aryl methyl sites for hydroxylation is 2. The summed E-state index contributed by atoms with van der Waals surface area (Å²) in [6, 6.07) is 0. The Kier molecular flexibility index (Phi) is 1.34. The number of anilines is 1. The van der Waals surface area contributed by atoms with Crippen molar-refractivity contribution < 1.29 is 4.98 Å². The quantitative estimate of drug-likeness (QED) is 0.533. The van der Waals surface area contributed by atoms with Crippen molar-refractivity contribution in [3.8, 4) is 0 Å². The van der Waals surface area contributed by atoms with E-state index in [1.165, 1.54) is 0 Å². The molecule has 3 N–H and O–H groups in total. The highest BCUT2D eigenvalue weighted by Crippen LogP contribution is 2.00. The number of H-pyrrole nitrogens is 1. The minimum Gasteiger partial charge on any atom is -0.363 e. The Morgan fingerprint density at radius 2 is 2.22 bits per heavy atom. The predicted octanol–water partition coefficient (Wildman–Crippen LogP) is 0.0947.